The highest BCUT2D eigenvalue weighted by Crippen LogP contribution is 2.42. The molecule has 2 unspecified atom stereocenters. The van der Waals surface area contributed by atoms with Crippen LogP contribution in [0.1, 0.15) is 44.1 Å². The lowest BCUT2D eigenvalue weighted by Gasteiger charge is -2.53. The molecule has 0 bridgehead atoms. The zero-order valence-corrected chi connectivity index (χ0v) is 19.9. The Bertz CT molecular complexity index is 842. The van der Waals surface area contributed by atoms with Gasteiger partial charge in [-0.3, -0.25) is 9.88 Å². The average Bonchev–Trinajstić information content (AvgIpc) is 2.78. The maximum absolute atomic E-state index is 10.6. The number of aromatic nitrogens is 1. The summed E-state index contributed by atoms with van der Waals surface area (Å²) >= 11 is 0. The molecule has 2 atom stereocenters. The van der Waals surface area contributed by atoms with Gasteiger partial charge >= 0.3 is 24.3 Å². The van der Waals surface area contributed by atoms with Crippen molar-refractivity contribution in [1.82, 2.24) is 9.88 Å². The van der Waals surface area contributed by atoms with Gasteiger partial charge in [-0.1, -0.05) is 12.5 Å². The standard InChI is InChI=1S/C19H28N2O2.2C2HF3O2/c1-5-17(6-1)21-10-7-18-19(14-21,8-3-11-23-18)15-22-13-16-4-2-9-20-12-16;2*3-2(4,5)1(6)7/h2,4,9,12,17-18H,1,3,5-8,10-11,13-15H2;2*(H,6,7). The van der Waals surface area contributed by atoms with Crippen molar-refractivity contribution in [3.63, 3.8) is 0 Å². The average molecular weight is 544 g/mol. The summed E-state index contributed by atoms with van der Waals surface area (Å²) in [5.41, 5.74) is 1.36. The number of aliphatic carboxylic acids is 2. The Morgan fingerprint density at radius 2 is 1.70 bits per heavy atom. The van der Waals surface area contributed by atoms with E-state index in [1.807, 2.05) is 18.5 Å². The summed E-state index contributed by atoms with van der Waals surface area (Å²) in [4.78, 5) is 24.7. The molecule has 3 aliphatic rings. The van der Waals surface area contributed by atoms with Crippen LogP contribution in [0.4, 0.5) is 26.3 Å². The van der Waals surface area contributed by atoms with Gasteiger partial charge in [0, 0.05) is 43.5 Å². The lowest BCUT2D eigenvalue weighted by molar-refractivity contribution is -0.193. The number of carboxylic acid groups (broad SMARTS) is 2. The zero-order valence-electron chi connectivity index (χ0n) is 19.9. The van der Waals surface area contributed by atoms with E-state index >= 15 is 0 Å². The second-order valence-corrected chi connectivity index (χ2v) is 9.13. The Hall–Kier alpha value is -2.45. The van der Waals surface area contributed by atoms with Crippen LogP contribution in [0.2, 0.25) is 0 Å². The molecule has 8 nitrogen and oxygen atoms in total. The second kappa shape index (κ2) is 13.4. The zero-order chi connectivity index (χ0) is 27.7. The number of nitrogens with zero attached hydrogens (tertiary/aromatic N) is 2. The van der Waals surface area contributed by atoms with Crippen LogP contribution in [0.15, 0.2) is 24.5 Å². The summed E-state index contributed by atoms with van der Waals surface area (Å²) in [6.45, 7) is 4.77. The van der Waals surface area contributed by atoms with Gasteiger partial charge in [0.2, 0.25) is 0 Å². The maximum Gasteiger partial charge on any atom is 0.490 e. The first-order valence-corrected chi connectivity index (χ1v) is 11.7. The summed E-state index contributed by atoms with van der Waals surface area (Å²) in [5, 5.41) is 14.2. The van der Waals surface area contributed by atoms with Gasteiger partial charge in [0.25, 0.3) is 0 Å². The molecule has 2 aliphatic heterocycles. The van der Waals surface area contributed by atoms with Crippen molar-refractivity contribution in [1.29, 1.82) is 0 Å². The predicted molar refractivity (Wildman–Crippen MR) is 117 cm³/mol. The molecule has 14 heteroatoms. The fourth-order valence-corrected chi connectivity index (χ4v) is 4.45. The number of carboxylic acids is 2. The van der Waals surface area contributed by atoms with Crippen LogP contribution in [0.3, 0.4) is 0 Å². The first-order valence-electron chi connectivity index (χ1n) is 11.7. The quantitative estimate of drug-likeness (QED) is 0.529. The minimum atomic E-state index is -5.08. The first kappa shape index (κ1) is 30.8. The van der Waals surface area contributed by atoms with E-state index in [0.717, 1.165) is 31.4 Å². The van der Waals surface area contributed by atoms with E-state index in [0.29, 0.717) is 12.7 Å². The number of alkyl halides is 6. The van der Waals surface area contributed by atoms with Crippen LogP contribution in [-0.4, -0.2) is 82.8 Å². The molecule has 1 aromatic rings. The van der Waals surface area contributed by atoms with Gasteiger partial charge in [-0.2, -0.15) is 26.3 Å². The minimum Gasteiger partial charge on any atom is -0.475 e. The maximum atomic E-state index is 10.6. The van der Waals surface area contributed by atoms with Crippen LogP contribution >= 0.6 is 0 Å². The van der Waals surface area contributed by atoms with E-state index in [1.165, 1.54) is 45.1 Å². The molecule has 2 N–H and O–H groups in total. The van der Waals surface area contributed by atoms with Crippen LogP contribution < -0.4 is 0 Å². The largest absolute Gasteiger partial charge is 0.490 e. The van der Waals surface area contributed by atoms with Gasteiger partial charge in [0.15, 0.2) is 0 Å². The highest BCUT2D eigenvalue weighted by Gasteiger charge is 2.47. The van der Waals surface area contributed by atoms with E-state index in [2.05, 4.69) is 16.0 Å². The van der Waals surface area contributed by atoms with Crippen molar-refractivity contribution in [3.8, 4) is 0 Å². The van der Waals surface area contributed by atoms with E-state index in [4.69, 9.17) is 29.3 Å². The van der Waals surface area contributed by atoms with Crippen molar-refractivity contribution >= 4 is 11.9 Å². The van der Waals surface area contributed by atoms with Crippen LogP contribution in [-0.2, 0) is 25.7 Å². The van der Waals surface area contributed by atoms with E-state index < -0.39 is 24.3 Å². The summed E-state index contributed by atoms with van der Waals surface area (Å²) in [6.07, 6.45) is 1.70. The van der Waals surface area contributed by atoms with Gasteiger partial charge in [-0.15, -0.1) is 0 Å². The number of pyridine rings is 1. The summed E-state index contributed by atoms with van der Waals surface area (Å²) in [5.74, 6) is -5.51. The third-order valence-electron chi connectivity index (χ3n) is 6.47. The molecule has 1 saturated carbocycles. The van der Waals surface area contributed by atoms with Crippen molar-refractivity contribution in [3.05, 3.63) is 30.1 Å². The van der Waals surface area contributed by atoms with Crippen LogP contribution in [0, 0.1) is 5.41 Å². The summed E-state index contributed by atoms with van der Waals surface area (Å²) < 4.78 is 75.8. The normalized spacial score (nSPS) is 24.3. The Balaban J connectivity index is 0.000000286. The lowest BCUT2D eigenvalue weighted by Crippen LogP contribution is -2.59. The molecule has 37 heavy (non-hydrogen) atoms. The number of halogens is 6. The number of ether oxygens (including phenoxy) is 2. The Morgan fingerprint density at radius 1 is 1.08 bits per heavy atom. The summed E-state index contributed by atoms with van der Waals surface area (Å²) in [6, 6.07) is 4.89. The topological polar surface area (TPSA) is 109 Å². The third kappa shape index (κ3) is 9.74. The van der Waals surface area contributed by atoms with Crippen molar-refractivity contribution in [2.45, 2.75) is 69.6 Å². The van der Waals surface area contributed by atoms with Crippen molar-refractivity contribution < 1.29 is 55.6 Å². The van der Waals surface area contributed by atoms with Crippen molar-refractivity contribution in [2.24, 2.45) is 5.41 Å². The van der Waals surface area contributed by atoms with E-state index in [-0.39, 0.29) is 5.41 Å². The number of fused-ring (bicyclic) bond motifs is 1. The molecular weight excluding hydrogens is 514 g/mol. The molecule has 0 spiro atoms. The van der Waals surface area contributed by atoms with Gasteiger partial charge < -0.3 is 19.7 Å². The molecule has 0 amide bonds. The molecule has 0 aromatic carbocycles. The molecule has 3 heterocycles. The third-order valence-corrected chi connectivity index (χ3v) is 6.47. The predicted octanol–water partition coefficient (Wildman–Crippen LogP) is 4.29. The van der Waals surface area contributed by atoms with Crippen LogP contribution in [0.25, 0.3) is 0 Å². The Labute approximate surface area is 209 Å². The molecule has 2 saturated heterocycles. The number of likely N-dealkylation sites (tertiary alicyclic amines) is 1. The fourth-order valence-electron chi connectivity index (χ4n) is 4.45. The highest BCUT2D eigenvalue weighted by molar-refractivity contribution is 5.73. The lowest BCUT2D eigenvalue weighted by atomic mass is 9.72. The number of carbonyl (C=O) groups is 2. The van der Waals surface area contributed by atoms with Crippen LogP contribution in [0.5, 0.6) is 0 Å². The number of rotatable bonds is 5. The number of piperidine rings is 1. The smallest absolute Gasteiger partial charge is 0.475 e. The minimum absolute atomic E-state index is 0.203. The van der Waals surface area contributed by atoms with Gasteiger partial charge in [0.05, 0.1) is 19.3 Å². The Morgan fingerprint density at radius 3 is 2.19 bits per heavy atom. The van der Waals surface area contributed by atoms with Gasteiger partial charge in [-0.05, 0) is 43.7 Å². The SMILES string of the molecule is O=C(O)C(F)(F)F.O=C(O)C(F)(F)F.c1cncc(COCC23CCCOC2CCN(C2CCC2)C3)c1. The molecule has 210 valence electrons. The molecule has 0 radical (unpaired) electrons. The van der Waals surface area contributed by atoms with Gasteiger partial charge in [0.1, 0.15) is 0 Å². The molecule has 4 rings (SSSR count). The number of hydrogen-bond donors (Lipinski definition) is 2. The monoisotopic (exact) mass is 544 g/mol. The highest BCUT2D eigenvalue weighted by atomic mass is 19.4. The molecule has 3 fully saturated rings. The van der Waals surface area contributed by atoms with Gasteiger partial charge in [-0.25, -0.2) is 9.59 Å². The molecular formula is C23H30F6N2O6. The Kier molecular flexibility index (Phi) is 11.1. The number of hydrogen-bond acceptors (Lipinski definition) is 6. The second-order valence-electron chi connectivity index (χ2n) is 9.13. The molecule has 1 aromatic heterocycles. The first-order chi connectivity index (χ1) is 17.2. The van der Waals surface area contributed by atoms with Crippen molar-refractivity contribution in [2.75, 3.05) is 26.3 Å². The van der Waals surface area contributed by atoms with E-state index in [9.17, 15) is 26.3 Å². The van der Waals surface area contributed by atoms with E-state index in [1.54, 1.807) is 0 Å². The summed E-state index contributed by atoms with van der Waals surface area (Å²) in [7, 11) is 0. The molecule has 1 aliphatic carbocycles. The fraction of sp³-hybridized carbons (Fsp3) is 0.696.